The second-order valence-corrected chi connectivity index (χ2v) is 4.96. The molecule has 0 radical (unpaired) electrons. The Kier molecular flexibility index (Phi) is 4.84. The smallest absolute Gasteiger partial charge is 0.158 e. The van der Waals surface area contributed by atoms with E-state index in [0.29, 0.717) is 6.61 Å². The molecule has 2 aromatic heterocycles. The molecular formula is C15H22N4O. The summed E-state index contributed by atoms with van der Waals surface area (Å²) < 4.78 is 7.08. The predicted octanol–water partition coefficient (Wildman–Crippen LogP) is 2.56. The molecule has 5 heteroatoms. The van der Waals surface area contributed by atoms with Crippen LogP contribution < -0.4 is 0 Å². The summed E-state index contributed by atoms with van der Waals surface area (Å²) in [7, 11) is 1.69. The van der Waals surface area contributed by atoms with Crippen LogP contribution in [-0.2, 0) is 17.7 Å². The van der Waals surface area contributed by atoms with Crippen molar-refractivity contribution in [1.82, 2.24) is 19.7 Å². The minimum absolute atomic E-state index is 0.643. The fraction of sp³-hybridized carbons (Fsp3) is 0.533. The van der Waals surface area contributed by atoms with Crippen molar-refractivity contribution in [3.05, 3.63) is 29.3 Å². The molecule has 0 N–H and O–H groups in total. The molecule has 0 fully saturated rings. The Hall–Kier alpha value is -1.75. The second-order valence-electron chi connectivity index (χ2n) is 4.96. The quantitative estimate of drug-likeness (QED) is 0.812. The van der Waals surface area contributed by atoms with Crippen LogP contribution in [0.4, 0.5) is 0 Å². The minimum atomic E-state index is 0.643. The van der Waals surface area contributed by atoms with E-state index < -0.39 is 0 Å². The summed E-state index contributed by atoms with van der Waals surface area (Å²) >= 11 is 0. The van der Waals surface area contributed by atoms with E-state index in [1.807, 2.05) is 18.5 Å². The molecular weight excluding hydrogens is 252 g/mol. The van der Waals surface area contributed by atoms with Gasteiger partial charge in [0.2, 0.25) is 0 Å². The second kappa shape index (κ2) is 6.61. The fourth-order valence-corrected chi connectivity index (χ4v) is 2.23. The van der Waals surface area contributed by atoms with Crippen LogP contribution in [0.2, 0.25) is 0 Å². The Labute approximate surface area is 120 Å². The zero-order valence-corrected chi connectivity index (χ0v) is 12.7. The van der Waals surface area contributed by atoms with Crippen LogP contribution in [0.5, 0.6) is 0 Å². The maximum absolute atomic E-state index is 5.10. The largest absolute Gasteiger partial charge is 0.384 e. The maximum Gasteiger partial charge on any atom is 0.158 e. The highest BCUT2D eigenvalue weighted by Gasteiger charge is 2.12. The van der Waals surface area contributed by atoms with Crippen molar-refractivity contribution in [2.45, 2.75) is 40.2 Å². The molecule has 0 unspecified atom stereocenters. The summed E-state index contributed by atoms with van der Waals surface area (Å²) in [4.78, 5) is 9.08. The van der Waals surface area contributed by atoms with Gasteiger partial charge in [-0.2, -0.15) is 5.10 Å². The monoisotopic (exact) mass is 274 g/mol. The molecule has 0 aliphatic carbocycles. The van der Waals surface area contributed by atoms with Crippen molar-refractivity contribution in [2.75, 3.05) is 13.7 Å². The van der Waals surface area contributed by atoms with Gasteiger partial charge in [0.15, 0.2) is 11.6 Å². The van der Waals surface area contributed by atoms with Crippen LogP contribution in [0.25, 0.3) is 11.4 Å². The zero-order valence-electron chi connectivity index (χ0n) is 12.7. The molecule has 0 saturated carbocycles. The van der Waals surface area contributed by atoms with Gasteiger partial charge in [-0.3, -0.25) is 4.98 Å². The van der Waals surface area contributed by atoms with Crippen LogP contribution in [-0.4, -0.2) is 33.5 Å². The van der Waals surface area contributed by atoms with E-state index >= 15 is 0 Å². The summed E-state index contributed by atoms with van der Waals surface area (Å²) in [5.41, 5.74) is 3.09. The van der Waals surface area contributed by atoms with Crippen LogP contribution in [0, 0.1) is 13.8 Å². The van der Waals surface area contributed by atoms with Gasteiger partial charge < -0.3 is 4.74 Å². The van der Waals surface area contributed by atoms with Gasteiger partial charge in [-0.15, -0.1) is 0 Å². The van der Waals surface area contributed by atoms with Gasteiger partial charge in [-0.05, 0) is 32.4 Å². The van der Waals surface area contributed by atoms with E-state index in [0.717, 1.165) is 48.0 Å². The number of ether oxygens (including phenoxy) is 1. The Bertz CT molecular complexity index is 557. The molecule has 20 heavy (non-hydrogen) atoms. The van der Waals surface area contributed by atoms with Gasteiger partial charge in [-0.25, -0.2) is 9.67 Å². The molecule has 0 amide bonds. The number of hydrogen-bond acceptors (Lipinski definition) is 4. The maximum atomic E-state index is 5.10. The highest BCUT2D eigenvalue weighted by atomic mass is 16.5. The summed E-state index contributed by atoms with van der Waals surface area (Å²) in [5.74, 6) is 1.76. The van der Waals surface area contributed by atoms with E-state index in [4.69, 9.17) is 4.74 Å². The first-order chi connectivity index (χ1) is 9.63. The lowest BCUT2D eigenvalue weighted by Gasteiger charge is -2.06. The van der Waals surface area contributed by atoms with Crippen LogP contribution in [0.15, 0.2) is 12.1 Å². The lowest BCUT2D eigenvalue weighted by molar-refractivity contribution is 0.200. The first-order valence-corrected chi connectivity index (χ1v) is 7.02. The first kappa shape index (κ1) is 14.7. The lowest BCUT2D eigenvalue weighted by Crippen LogP contribution is -2.03. The highest BCUT2D eigenvalue weighted by molar-refractivity contribution is 5.56. The zero-order chi connectivity index (χ0) is 14.5. The van der Waals surface area contributed by atoms with E-state index in [1.54, 1.807) is 7.11 Å². The average Bonchev–Trinajstić information content (AvgIpc) is 2.79. The summed E-state index contributed by atoms with van der Waals surface area (Å²) in [6.07, 6.45) is 1.77. The molecule has 0 bridgehead atoms. The molecule has 0 atom stereocenters. The molecule has 5 nitrogen and oxygen atoms in total. The third kappa shape index (κ3) is 3.42. The van der Waals surface area contributed by atoms with Gasteiger partial charge in [0, 0.05) is 37.0 Å². The van der Waals surface area contributed by atoms with Crippen LogP contribution in [0.1, 0.15) is 30.6 Å². The van der Waals surface area contributed by atoms with Crippen molar-refractivity contribution in [3.8, 4) is 11.4 Å². The molecule has 0 spiro atoms. The van der Waals surface area contributed by atoms with Crippen molar-refractivity contribution in [3.63, 3.8) is 0 Å². The average molecular weight is 274 g/mol. The van der Waals surface area contributed by atoms with Gasteiger partial charge in [0.25, 0.3) is 0 Å². The Morgan fingerprint density at radius 3 is 2.45 bits per heavy atom. The van der Waals surface area contributed by atoms with Gasteiger partial charge in [0.05, 0.1) is 6.61 Å². The number of aryl methyl sites for hydroxylation is 3. The summed E-state index contributed by atoms with van der Waals surface area (Å²) in [6.45, 7) is 7.66. The number of aromatic nitrogens is 4. The third-order valence-electron chi connectivity index (χ3n) is 3.02. The number of pyridine rings is 1. The molecule has 0 aliphatic rings. The summed E-state index contributed by atoms with van der Waals surface area (Å²) in [5, 5.41) is 4.58. The lowest BCUT2D eigenvalue weighted by atomic mass is 10.2. The molecule has 0 aliphatic heterocycles. The predicted molar refractivity (Wildman–Crippen MR) is 78.6 cm³/mol. The van der Waals surface area contributed by atoms with Gasteiger partial charge >= 0.3 is 0 Å². The first-order valence-electron chi connectivity index (χ1n) is 7.02. The van der Waals surface area contributed by atoms with Crippen molar-refractivity contribution < 1.29 is 4.74 Å². The molecule has 2 rings (SSSR count). The normalized spacial score (nSPS) is 11.0. The molecule has 0 saturated heterocycles. The fourth-order valence-electron chi connectivity index (χ4n) is 2.23. The van der Waals surface area contributed by atoms with E-state index in [2.05, 4.69) is 34.1 Å². The van der Waals surface area contributed by atoms with Crippen molar-refractivity contribution in [2.24, 2.45) is 0 Å². The van der Waals surface area contributed by atoms with E-state index in [1.165, 1.54) is 0 Å². The molecule has 2 aromatic rings. The topological polar surface area (TPSA) is 52.8 Å². The third-order valence-corrected chi connectivity index (χ3v) is 3.02. The van der Waals surface area contributed by atoms with Gasteiger partial charge in [-0.1, -0.05) is 6.92 Å². The Morgan fingerprint density at radius 1 is 1.15 bits per heavy atom. The number of nitrogens with zero attached hydrogens (tertiary/aromatic N) is 4. The number of hydrogen-bond donors (Lipinski definition) is 0. The van der Waals surface area contributed by atoms with Crippen molar-refractivity contribution in [1.29, 1.82) is 0 Å². The number of methoxy groups -OCH3 is 1. The van der Waals surface area contributed by atoms with E-state index in [9.17, 15) is 0 Å². The van der Waals surface area contributed by atoms with Crippen LogP contribution >= 0.6 is 0 Å². The standard InChI is InChI=1S/C15H22N4O/c1-5-7-19-15(17-14(18-19)6-8-20-4)13-9-11(2)16-12(3)10-13/h9-10H,5-8H2,1-4H3. The van der Waals surface area contributed by atoms with Crippen LogP contribution in [0.3, 0.4) is 0 Å². The minimum Gasteiger partial charge on any atom is -0.384 e. The van der Waals surface area contributed by atoms with E-state index in [-0.39, 0.29) is 0 Å². The Balaban J connectivity index is 2.39. The SMILES string of the molecule is CCCn1nc(CCOC)nc1-c1cc(C)nc(C)c1. The van der Waals surface area contributed by atoms with Gasteiger partial charge in [0.1, 0.15) is 0 Å². The molecule has 0 aromatic carbocycles. The molecule has 2 heterocycles. The van der Waals surface area contributed by atoms with Crippen molar-refractivity contribution >= 4 is 0 Å². The molecule has 108 valence electrons. The highest BCUT2D eigenvalue weighted by Crippen LogP contribution is 2.19. The summed E-state index contributed by atoms with van der Waals surface area (Å²) in [6, 6.07) is 4.12. The Morgan fingerprint density at radius 2 is 1.85 bits per heavy atom. The number of rotatable bonds is 6.